The van der Waals surface area contributed by atoms with Gasteiger partial charge in [-0.3, -0.25) is 4.79 Å². The van der Waals surface area contributed by atoms with Crippen molar-refractivity contribution in [2.45, 2.75) is 131 Å². The number of benzene rings is 1. The molecule has 1 heterocycles. The van der Waals surface area contributed by atoms with Crippen LogP contribution in [0.4, 0.5) is 0 Å². The topological polar surface area (TPSA) is 102 Å². The Morgan fingerprint density at radius 2 is 1.59 bits per heavy atom. The Morgan fingerprint density at radius 3 is 2.26 bits per heavy atom. The third-order valence-electron chi connectivity index (χ3n) is 19.1. The maximum atomic E-state index is 13.6. The molecule has 8 rings (SSSR count). The number of allylic oxidation sites excluding steroid dienone is 5. The van der Waals surface area contributed by atoms with E-state index in [1.54, 1.807) is 12.1 Å². The standard InChI is InChI=1S/C52H76N2O6S/c1-9-59-46(56)51(35-60-45(55)38-13-11-10-12-14-38)24-17-37(18-25-51)40-20-22-48(6)42(47(40,4)5)21-23-50(8)43(48)16-15-41-44-39(36(2)3)19-26-52(44,28-27-49(41,50)7)53-29-30-54-31-33-61(57,58)34-32-54/h10-14,17,20,39,41-44,53H,2,9,15-16,18-19,21-35H2,1,3-8H3/t39?,41-,42+,43-,44-,48+,49-,50-,51?,52+/m1/s1. The van der Waals surface area contributed by atoms with Gasteiger partial charge in [0.15, 0.2) is 9.84 Å². The lowest BCUT2D eigenvalue weighted by Gasteiger charge is -2.72. The molecule has 2 unspecified atom stereocenters. The van der Waals surface area contributed by atoms with Gasteiger partial charge in [-0.2, -0.15) is 0 Å². The third-order valence-corrected chi connectivity index (χ3v) is 20.8. The predicted molar refractivity (Wildman–Crippen MR) is 244 cm³/mol. The molecule has 0 bridgehead atoms. The molecule has 1 aromatic rings. The number of carbonyl (C=O) groups is 2. The second kappa shape index (κ2) is 16.4. The molecule has 10 atom stereocenters. The van der Waals surface area contributed by atoms with Gasteiger partial charge in [-0.05, 0) is 165 Å². The molecule has 6 aliphatic carbocycles. The van der Waals surface area contributed by atoms with Gasteiger partial charge in [-0.1, -0.05) is 77.1 Å². The highest BCUT2D eigenvalue weighted by Gasteiger charge is 2.70. The van der Waals surface area contributed by atoms with E-state index in [2.05, 4.69) is 70.5 Å². The van der Waals surface area contributed by atoms with Crippen LogP contribution in [0.25, 0.3) is 0 Å². The zero-order valence-corrected chi connectivity index (χ0v) is 39.4. The fraction of sp³-hybridized carbons (Fsp3) is 0.731. The molecule has 8 nitrogen and oxygen atoms in total. The molecule has 61 heavy (non-hydrogen) atoms. The molecule has 1 N–H and O–H groups in total. The molecule has 1 aliphatic heterocycles. The first kappa shape index (κ1) is 44.8. The minimum Gasteiger partial charge on any atom is -0.465 e. The third kappa shape index (κ3) is 7.54. The molecule has 4 saturated carbocycles. The Labute approximate surface area is 368 Å². The van der Waals surface area contributed by atoms with Crippen LogP contribution in [0.15, 0.2) is 65.8 Å². The Balaban J connectivity index is 1.01. The average Bonchev–Trinajstić information content (AvgIpc) is 3.61. The van der Waals surface area contributed by atoms with E-state index in [4.69, 9.17) is 9.47 Å². The van der Waals surface area contributed by atoms with E-state index < -0.39 is 21.2 Å². The number of hydrogen-bond donors (Lipinski definition) is 1. The van der Waals surface area contributed by atoms with Crippen molar-refractivity contribution >= 4 is 21.8 Å². The summed E-state index contributed by atoms with van der Waals surface area (Å²) in [5.41, 5.74) is 4.60. The number of hydrogen-bond acceptors (Lipinski definition) is 8. The van der Waals surface area contributed by atoms with Gasteiger partial charge in [0.25, 0.3) is 0 Å². The van der Waals surface area contributed by atoms with Crippen LogP contribution in [0.1, 0.15) is 136 Å². The smallest absolute Gasteiger partial charge is 0.338 e. The van der Waals surface area contributed by atoms with Crippen LogP contribution in [0.3, 0.4) is 0 Å². The van der Waals surface area contributed by atoms with Crippen LogP contribution in [0.5, 0.6) is 0 Å². The van der Waals surface area contributed by atoms with Crippen molar-refractivity contribution in [1.82, 2.24) is 10.2 Å². The second-order valence-electron chi connectivity index (χ2n) is 22.2. The van der Waals surface area contributed by atoms with Crippen molar-refractivity contribution in [3.05, 3.63) is 71.3 Å². The van der Waals surface area contributed by atoms with Gasteiger partial charge < -0.3 is 19.7 Å². The number of sulfone groups is 1. The zero-order chi connectivity index (χ0) is 43.6. The van der Waals surface area contributed by atoms with E-state index >= 15 is 0 Å². The summed E-state index contributed by atoms with van der Waals surface area (Å²) in [5.74, 6) is 2.90. The highest BCUT2D eigenvalue weighted by molar-refractivity contribution is 7.91. The fourth-order valence-electron chi connectivity index (χ4n) is 15.7. The van der Waals surface area contributed by atoms with E-state index in [0.29, 0.717) is 67.7 Å². The molecule has 0 amide bonds. The first-order valence-corrected chi connectivity index (χ1v) is 25.8. The molecule has 0 aromatic heterocycles. The average molecular weight is 857 g/mol. The lowest BCUT2D eigenvalue weighted by Crippen LogP contribution is -2.68. The van der Waals surface area contributed by atoms with Crippen molar-refractivity contribution < 1.29 is 27.5 Å². The summed E-state index contributed by atoms with van der Waals surface area (Å²) >= 11 is 0. The molecule has 0 spiro atoms. The quantitative estimate of drug-likeness (QED) is 0.174. The molecular weight excluding hydrogens is 781 g/mol. The highest BCUT2D eigenvalue weighted by Crippen LogP contribution is 2.76. The van der Waals surface area contributed by atoms with E-state index in [0.717, 1.165) is 25.9 Å². The molecule has 7 aliphatic rings. The summed E-state index contributed by atoms with van der Waals surface area (Å²) in [6.07, 6.45) is 17.8. The van der Waals surface area contributed by atoms with Gasteiger partial charge in [0.1, 0.15) is 12.0 Å². The van der Waals surface area contributed by atoms with Crippen molar-refractivity contribution in [2.75, 3.05) is 50.9 Å². The first-order chi connectivity index (χ1) is 28.8. The SMILES string of the molecule is C=C(C)C1CC[C@]2(NCCN3CCS(=O)(=O)CC3)CC[C@]3(C)[C@H](CC[C@@H]4[C@@]5(C)CC=C(C6=CCC(COC(=O)c7ccccc7)(C(=O)OCC)CC6)C(C)(C)[C@@H]5CC[C@]43C)[C@@H]12. The summed E-state index contributed by atoms with van der Waals surface area (Å²) in [6, 6.07) is 9.01. The molecular formula is C52H76N2O6S. The molecule has 9 heteroatoms. The maximum Gasteiger partial charge on any atom is 0.338 e. The van der Waals surface area contributed by atoms with Gasteiger partial charge in [0.05, 0.1) is 23.7 Å². The van der Waals surface area contributed by atoms with Crippen LogP contribution in [-0.2, 0) is 24.1 Å². The van der Waals surface area contributed by atoms with Crippen molar-refractivity contribution in [1.29, 1.82) is 0 Å². The van der Waals surface area contributed by atoms with E-state index in [-0.39, 0.29) is 51.3 Å². The van der Waals surface area contributed by atoms with Crippen LogP contribution < -0.4 is 5.32 Å². The van der Waals surface area contributed by atoms with Gasteiger partial charge in [0, 0.05) is 31.7 Å². The normalized spacial score (nSPS) is 40.2. The van der Waals surface area contributed by atoms with E-state index in [1.165, 1.54) is 68.1 Å². The minimum atomic E-state index is -2.88. The van der Waals surface area contributed by atoms with Crippen molar-refractivity contribution in [3.63, 3.8) is 0 Å². The summed E-state index contributed by atoms with van der Waals surface area (Å²) in [7, 11) is -2.88. The molecule has 0 radical (unpaired) electrons. The number of nitrogens with one attached hydrogen (secondary N) is 1. The van der Waals surface area contributed by atoms with E-state index in [9.17, 15) is 18.0 Å². The molecule has 1 saturated heterocycles. The van der Waals surface area contributed by atoms with Gasteiger partial charge in [-0.15, -0.1) is 0 Å². The number of nitrogens with zero attached hydrogens (tertiary/aromatic N) is 1. The summed E-state index contributed by atoms with van der Waals surface area (Å²) in [6.45, 7) is 25.3. The first-order valence-electron chi connectivity index (χ1n) is 24.0. The van der Waals surface area contributed by atoms with Crippen LogP contribution >= 0.6 is 0 Å². The zero-order valence-electron chi connectivity index (χ0n) is 38.6. The summed E-state index contributed by atoms with van der Waals surface area (Å²) in [5, 5.41) is 4.23. The second-order valence-corrected chi connectivity index (χ2v) is 24.5. The molecule has 1 aromatic carbocycles. The predicted octanol–water partition coefficient (Wildman–Crippen LogP) is 9.77. The summed E-state index contributed by atoms with van der Waals surface area (Å²) < 4.78 is 35.7. The Hall–Kier alpha value is -2.75. The van der Waals surface area contributed by atoms with Crippen molar-refractivity contribution in [2.24, 2.45) is 56.7 Å². The number of fused-ring (bicyclic) bond motifs is 7. The van der Waals surface area contributed by atoms with Crippen LogP contribution in [0.2, 0.25) is 0 Å². The fourth-order valence-corrected chi connectivity index (χ4v) is 17.0. The van der Waals surface area contributed by atoms with Crippen molar-refractivity contribution in [3.8, 4) is 0 Å². The van der Waals surface area contributed by atoms with E-state index in [1.807, 2.05) is 25.1 Å². The van der Waals surface area contributed by atoms with Gasteiger partial charge in [0.2, 0.25) is 0 Å². The largest absolute Gasteiger partial charge is 0.465 e. The van der Waals surface area contributed by atoms with Gasteiger partial charge >= 0.3 is 11.9 Å². The number of esters is 2. The van der Waals surface area contributed by atoms with Crippen LogP contribution in [-0.4, -0.2) is 81.7 Å². The Kier molecular flexibility index (Phi) is 12.0. The number of ether oxygens (including phenoxy) is 2. The van der Waals surface area contributed by atoms with Gasteiger partial charge in [-0.25, -0.2) is 13.2 Å². The number of carbonyl (C=O) groups excluding carboxylic acids is 2. The van der Waals surface area contributed by atoms with Crippen LogP contribution in [0, 0.1) is 56.7 Å². The lowest BCUT2D eigenvalue weighted by molar-refractivity contribution is -0.221. The highest BCUT2D eigenvalue weighted by atomic mass is 32.2. The maximum absolute atomic E-state index is 13.6. The minimum absolute atomic E-state index is 0.0116. The Morgan fingerprint density at radius 1 is 0.852 bits per heavy atom. The summed E-state index contributed by atoms with van der Waals surface area (Å²) in [4.78, 5) is 28.9. The molecule has 5 fully saturated rings. The molecule has 336 valence electrons. The lowest BCUT2D eigenvalue weighted by atomic mass is 9.33. The number of rotatable bonds is 11. The monoisotopic (exact) mass is 857 g/mol. The Bertz CT molecular complexity index is 2030.